The number of hydrogen-bond acceptors (Lipinski definition) is 19. The molecule has 1 aliphatic rings. The monoisotopic (exact) mass is 1240 g/mol. The fraction of sp³-hybridized carbons (Fsp3) is 0.500. The van der Waals surface area contributed by atoms with Crippen molar-refractivity contribution in [3.63, 3.8) is 0 Å². The zero-order chi connectivity index (χ0) is 64.0. The van der Waals surface area contributed by atoms with E-state index in [0.29, 0.717) is 49.7 Å². The summed E-state index contributed by atoms with van der Waals surface area (Å²) in [4.78, 5) is 153. The summed E-state index contributed by atoms with van der Waals surface area (Å²) in [5, 5.41) is 87.4. The van der Waals surface area contributed by atoms with Crippen LogP contribution in [0.5, 0.6) is 0 Å². The van der Waals surface area contributed by atoms with E-state index >= 15 is 0 Å². The molecule has 33 heteroatoms. The average molecular weight is 1240 g/mol. The Morgan fingerprint density at radius 2 is 1.03 bits per heavy atom. The number of aromatic amines is 1. The van der Waals surface area contributed by atoms with Gasteiger partial charge in [-0.2, -0.15) is 0 Å². The number of aromatic nitrogens is 2. The topological polar surface area (TPSA) is 467 Å². The molecule has 4 rings (SSSR count). The molecule has 1 aliphatic heterocycles. The normalized spacial score (nSPS) is 15.8. The molecule has 32 nitrogen and oxygen atoms in total. The molecule has 6 amide bonds. The number of carbonyl (C=O) groups excluding carboxylic acids is 6. The molecule has 0 aliphatic carbocycles. The van der Waals surface area contributed by atoms with Crippen LogP contribution in [-0.4, -0.2) is 264 Å². The predicted molar refractivity (Wildman–Crippen MR) is 311 cm³/mol. The number of carboxylic acids is 5. The van der Waals surface area contributed by atoms with E-state index < -0.39 is 121 Å². The van der Waals surface area contributed by atoms with Crippen molar-refractivity contribution in [1.29, 1.82) is 0 Å². The number of carbonyl (C=O) groups is 11. The van der Waals surface area contributed by atoms with Crippen LogP contribution < -0.4 is 42.5 Å². The molecular weight excluding hydrogens is 1160 g/mol. The summed E-state index contributed by atoms with van der Waals surface area (Å²) in [5.74, 6) is -12.0. The molecule has 0 unspecified atom stereocenters. The van der Waals surface area contributed by atoms with Gasteiger partial charge in [-0.3, -0.25) is 67.5 Å². The quantitative estimate of drug-likeness (QED) is 0.0202. The number of hydrogen-bond donors (Lipinski definition) is 16. The fourth-order valence-corrected chi connectivity index (χ4v) is 8.99. The van der Waals surface area contributed by atoms with Gasteiger partial charge in [0.25, 0.3) is 0 Å². The largest absolute Gasteiger partial charge is 0.481 e. The van der Waals surface area contributed by atoms with Gasteiger partial charge < -0.3 is 83.3 Å². The Balaban J connectivity index is 1.29. The Kier molecular flexibility index (Phi) is 30.1. The number of imidazole rings is 1. The molecule has 1 saturated heterocycles. The smallest absolute Gasteiger partial charge is 0.328 e. The molecule has 2 aromatic carbocycles. The van der Waals surface area contributed by atoms with Gasteiger partial charge in [0.2, 0.25) is 35.4 Å². The van der Waals surface area contributed by atoms with Crippen LogP contribution in [0.2, 0.25) is 0 Å². The van der Waals surface area contributed by atoms with Crippen molar-refractivity contribution in [2.75, 3.05) is 97.1 Å². The molecule has 16 N–H and O–H groups in total. The van der Waals surface area contributed by atoms with E-state index in [2.05, 4.69) is 57.4 Å². The number of nitrogens with zero attached hydrogens (tertiary/aromatic N) is 5. The Morgan fingerprint density at radius 1 is 0.552 bits per heavy atom. The van der Waals surface area contributed by atoms with E-state index in [1.165, 1.54) is 19.4 Å². The Bertz CT molecular complexity index is 2770. The lowest BCUT2D eigenvalue weighted by molar-refractivity contribution is -0.143. The number of amides is 6. The number of aliphatic hydroxyl groups is 2. The minimum atomic E-state index is -1.75. The van der Waals surface area contributed by atoms with Crippen LogP contribution in [0.1, 0.15) is 43.0 Å². The maximum atomic E-state index is 13.8. The van der Waals surface area contributed by atoms with E-state index in [1.54, 1.807) is 57.2 Å². The van der Waals surface area contributed by atoms with Gasteiger partial charge in [-0.05, 0) is 48.8 Å². The van der Waals surface area contributed by atoms with Gasteiger partial charge in [-0.25, -0.2) is 9.78 Å². The lowest BCUT2D eigenvalue weighted by Gasteiger charge is -2.33. The van der Waals surface area contributed by atoms with Gasteiger partial charge in [0.1, 0.15) is 36.3 Å². The number of benzene rings is 2. The molecule has 87 heavy (non-hydrogen) atoms. The molecule has 1 fully saturated rings. The molecule has 0 saturated carbocycles. The second-order valence-electron chi connectivity index (χ2n) is 20.3. The van der Waals surface area contributed by atoms with Crippen LogP contribution in [0.4, 0.5) is 5.69 Å². The summed E-state index contributed by atoms with van der Waals surface area (Å²) in [6.45, 7) is 1.78. The van der Waals surface area contributed by atoms with Crippen LogP contribution in [0, 0.1) is 0 Å². The van der Waals surface area contributed by atoms with Crippen LogP contribution in [0.25, 0.3) is 0 Å². The lowest BCUT2D eigenvalue weighted by Crippen LogP contribution is -2.60. The summed E-state index contributed by atoms with van der Waals surface area (Å²) in [7, 11) is 0. The minimum absolute atomic E-state index is 0.164. The SMILES string of the molecule is C[C@H](NC(=O)[C@H](CC(=O)O)NC(=O)CCCNC(=S)Nc1ccc(CN2CCN(CC(=O)O)CCN(CC(=O)O)CCN(CC(=O)O)CC2)cc1)C(=O)N[C@@H](Cc1cnc[nH]1)C(=O)N[C@@H](CO)C(=O)N[C@@H](Cc1ccccc1)C(=O)N[C@@H](CO)C(=O)O. The van der Waals surface area contributed by atoms with Gasteiger partial charge in [-0.1, -0.05) is 42.5 Å². The number of nitrogens with one attached hydrogen (secondary N) is 9. The molecule has 2 heterocycles. The molecule has 3 aromatic rings. The molecule has 0 bridgehead atoms. The van der Waals surface area contributed by atoms with Crippen molar-refractivity contribution >= 4 is 88.3 Å². The Hall–Kier alpha value is -8.73. The van der Waals surface area contributed by atoms with Gasteiger partial charge in [0.05, 0.1) is 45.6 Å². The minimum Gasteiger partial charge on any atom is -0.481 e. The van der Waals surface area contributed by atoms with Crippen LogP contribution >= 0.6 is 12.2 Å². The lowest BCUT2D eigenvalue weighted by atomic mass is 10.0. The molecule has 1 aromatic heterocycles. The molecule has 0 radical (unpaired) electrons. The number of rotatable bonds is 33. The first kappa shape index (κ1) is 70.8. The number of thiocarbonyl (C=S) groups is 1. The van der Waals surface area contributed by atoms with Crippen molar-refractivity contribution in [3.05, 3.63) is 83.9 Å². The molecule has 476 valence electrons. The fourth-order valence-electron chi connectivity index (χ4n) is 8.77. The van der Waals surface area contributed by atoms with Crippen molar-refractivity contribution < 1.29 is 88.5 Å². The summed E-state index contributed by atoms with van der Waals surface area (Å²) in [5.41, 5.74) is 2.34. The van der Waals surface area contributed by atoms with Crippen LogP contribution in [0.3, 0.4) is 0 Å². The van der Waals surface area contributed by atoms with E-state index in [0.717, 1.165) is 5.56 Å². The highest BCUT2D eigenvalue weighted by Crippen LogP contribution is 2.14. The number of aliphatic carboxylic acids is 5. The standard InChI is InChI=1S/C54H76N14O18S/c1-33(48(80)61-39(23-37-25-55-32-57-37)51(83)63-41(30-69)52(84)62-38(22-34-6-3-2-4-7-34)50(82)64-42(31-70)53(85)86)58-49(81)40(24-44(72)73)60-43(71)8-5-13-56-54(87)59-36-11-9-35(10-12-36)26-65-14-16-66(27-45(74)75)18-20-68(29-47(78)79)21-19-67(17-15-65)28-46(76)77/h2-4,6-7,9-12,25,32-33,38-42,69-70H,5,8,13-24,26-31H2,1H3,(H,55,57)(H,58,81)(H,60,71)(H,61,80)(H,62,84)(H,63,83)(H,64,82)(H,72,73)(H,74,75)(H,76,77)(H,78,79)(H,85,86)(H2,56,59,87)/t33-,38-,39-,40-,41-,42-/m0/s1. The first-order valence-corrected chi connectivity index (χ1v) is 28.0. The van der Waals surface area contributed by atoms with Gasteiger partial charge in [-0.15, -0.1) is 0 Å². The van der Waals surface area contributed by atoms with Crippen LogP contribution in [0.15, 0.2) is 67.1 Å². The average Bonchev–Trinajstić information content (AvgIpc) is 4.10. The van der Waals surface area contributed by atoms with Crippen molar-refractivity contribution in [2.24, 2.45) is 0 Å². The maximum absolute atomic E-state index is 13.8. The number of carboxylic acid groups (broad SMARTS) is 5. The third-order valence-corrected chi connectivity index (χ3v) is 13.7. The molecular formula is C54H76N14O18S. The highest BCUT2D eigenvalue weighted by Gasteiger charge is 2.34. The summed E-state index contributed by atoms with van der Waals surface area (Å²) >= 11 is 5.44. The second-order valence-corrected chi connectivity index (χ2v) is 20.7. The van der Waals surface area contributed by atoms with Crippen LogP contribution in [-0.2, 0) is 72.1 Å². The first-order chi connectivity index (χ1) is 41.4. The number of anilines is 1. The van der Waals surface area contributed by atoms with Gasteiger partial charge in [0, 0.05) is 102 Å². The third kappa shape index (κ3) is 27.0. The maximum Gasteiger partial charge on any atom is 0.328 e. The second kappa shape index (κ2) is 37.0. The van der Waals surface area contributed by atoms with E-state index in [9.17, 15) is 88.5 Å². The van der Waals surface area contributed by atoms with E-state index in [-0.39, 0.29) is 83.2 Å². The molecule has 6 atom stereocenters. The summed E-state index contributed by atoms with van der Waals surface area (Å²) < 4.78 is 0. The van der Waals surface area contributed by atoms with E-state index in [4.69, 9.17) is 12.2 Å². The highest BCUT2D eigenvalue weighted by atomic mass is 32.1. The van der Waals surface area contributed by atoms with Gasteiger partial charge >= 0.3 is 29.8 Å². The number of H-pyrrole nitrogens is 1. The third-order valence-electron chi connectivity index (χ3n) is 13.4. The predicted octanol–water partition coefficient (Wildman–Crippen LogP) is -4.59. The molecule has 0 spiro atoms. The van der Waals surface area contributed by atoms with Crippen molar-refractivity contribution in [1.82, 2.24) is 66.8 Å². The first-order valence-electron chi connectivity index (χ1n) is 27.6. The Morgan fingerprint density at radius 3 is 1.53 bits per heavy atom. The van der Waals surface area contributed by atoms with Gasteiger partial charge in [0.15, 0.2) is 5.11 Å². The zero-order valence-electron chi connectivity index (χ0n) is 47.7. The van der Waals surface area contributed by atoms with Crippen molar-refractivity contribution in [2.45, 2.75) is 81.8 Å². The number of aliphatic hydroxyl groups excluding tert-OH is 2. The van der Waals surface area contributed by atoms with Crippen molar-refractivity contribution in [3.8, 4) is 0 Å². The summed E-state index contributed by atoms with van der Waals surface area (Å²) in [6, 6.07) is 5.91. The Labute approximate surface area is 504 Å². The highest BCUT2D eigenvalue weighted by molar-refractivity contribution is 7.80. The summed E-state index contributed by atoms with van der Waals surface area (Å²) in [6.07, 6.45) is 1.24. The van der Waals surface area contributed by atoms with E-state index in [1.807, 2.05) is 12.1 Å². The zero-order valence-corrected chi connectivity index (χ0v) is 48.5.